The molecular weight excluding hydrogens is 352 g/mol. The Kier molecular flexibility index (Phi) is 9.22. The molecule has 6 heteroatoms. The first-order valence-electron chi connectivity index (χ1n) is 11.6. The van der Waals surface area contributed by atoms with Gasteiger partial charge in [-0.3, -0.25) is 9.59 Å². The van der Waals surface area contributed by atoms with Crippen molar-refractivity contribution in [3.05, 3.63) is 0 Å². The van der Waals surface area contributed by atoms with Crippen LogP contribution in [-0.2, 0) is 9.59 Å². The number of carbonyl (C=O) groups excluding carboxylic acids is 2. The second-order valence-corrected chi connectivity index (χ2v) is 8.38. The van der Waals surface area contributed by atoms with Gasteiger partial charge in [-0.2, -0.15) is 0 Å². The third kappa shape index (κ3) is 5.69. The minimum Gasteiger partial charge on any atom is -0.353 e. The van der Waals surface area contributed by atoms with Crippen LogP contribution >= 0.6 is 0 Å². The zero-order chi connectivity index (χ0) is 20.7. The molecule has 2 aliphatic heterocycles. The number of nitrogens with one attached hydrogen (secondary N) is 1. The summed E-state index contributed by atoms with van der Waals surface area (Å²) < 4.78 is 0. The topological polar surface area (TPSA) is 55.9 Å². The van der Waals surface area contributed by atoms with Crippen molar-refractivity contribution in [1.29, 1.82) is 0 Å². The summed E-state index contributed by atoms with van der Waals surface area (Å²) in [5.41, 5.74) is 0. The molecule has 0 aromatic carbocycles. The highest BCUT2D eigenvalue weighted by molar-refractivity contribution is 5.79. The molecule has 0 aromatic rings. The molecule has 1 saturated carbocycles. The summed E-state index contributed by atoms with van der Waals surface area (Å²) in [5, 5.41) is 3.22. The fourth-order valence-corrected chi connectivity index (χ4v) is 4.67. The van der Waals surface area contributed by atoms with Crippen LogP contribution in [0.25, 0.3) is 0 Å². The smallest absolute Gasteiger partial charge is 0.224 e. The summed E-state index contributed by atoms with van der Waals surface area (Å²) in [6.07, 6.45) is 3.52. The Morgan fingerprint density at radius 3 is 2.25 bits per heavy atom. The summed E-state index contributed by atoms with van der Waals surface area (Å²) >= 11 is 0. The quantitative estimate of drug-likeness (QED) is 0.718. The molecule has 4 atom stereocenters. The number of rotatable bonds is 7. The molecule has 2 bridgehead atoms. The minimum absolute atomic E-state index is 0. The molecule has 0 spiro atoms. The van der Waals surface area contributed by atoms with Crippen LogP contribution in [0.3, 0.4) is 0 Å². The standard InChI is InChI=1S/C20H36N4O2.C2H6.H2/c1-4-15(3)20(26)21-18-13-17-12-16(18)14-24(17)19(25)6-7-23-10-8-22(5-2)9-11-23;1-2;/h15-18H,4-14H2,1-3H3,(H,21,26);1-2H3;1H. The van der Waals surface area contributed by atoms with Gasteiger partial charge in [-0.25, -0.2) is 0 Å². The second-order valence-electron chi connectivity index (χ2n) is 8.38. The van der Waals surface area contributed by atoms with Gasteiger partial charge in [0.25, 0.3) is 0 Å². The highest BCUT2D eigenvalue weighted by Gasteiger charge is 2.46. The van der Waals surface area contributed by atoms with Crippen molar-refractivity contribution in [2.45, 2.75) is 72.4 Å². The number of fused-ring (bicyclic) bond motifs is 2. The van der Waals surface area contributed by atoms with E-state index in [1.54, 1.807) is 0 Å². The molecule has 0 radical (unpaired) electrons. The van der Waals surface area contributed by atoms with Crippen LogP contribution in [0.2, 0.25) is 0 Å². The number of likely N-dealkylation sites (tertiary alicyclic amines) is 1. The Hall–Kier alpha value is -1.14. The maximum absolute atomic E-state index is 12.7. The van der Waals surface area contributed by atoms with Crippen molar-refractivity contribution in [2.24, 2.45) is 11.8 Å². The van der Waals surface area contributed by atoms with Crippen molar-refractivity contribution in [3.63, 3.8) is 0 Å². The van der Waals surface area contributed by atoms with E-state index in [0.29, 0.717) is 24.3 Å². The predicted octanol–water partition coefficient (Wildman–Crippen LogP) is 2.44. The van der Waals surface area contributed by atoms with E-state index in [-0.39, 0.29) is 19.3 Å². The summed E-state index contributed by atoms with van der Waals surface area (Å²) in [6, 6.07) is 0.611. The molecule has 1 N–H and O–H groups in total. The number of piperazine rings is 1. The zero-order valence-electron chi connectivity index (χ0n) is 18.7. The third-order valence-electron chi connectivity index (χ3n) is 6.80. The average molecular weight is 397 g/mol. The van der Waals surface area contributed by atoms with E-state index in [9.17, 15) is 9.59 Å². The van der Waals surface area contributed by atoms with E-state index in [4.69, 9.17) is 0 Å². The van der Waals surface area contributed by atoms with Crippen LogP contribution in [0.15, 0.2) is 0 Å². The Morgan fingerprint density at radius 2 is 1.71 bits per heavy atom. The number of piperidine rings is 1. The van der Waals surface area contributed by atoms with Gasteiger partial charge < -0.3 is 20.0 Å². The highest BCUT2D eigenvalue weighted by Crippen LogP contribution is 2.38. The van der Waals surface area contributed by atoms with Gasteiger partial charge in [-0.05, 0) is 31.7 Å². The van der Waals surface area contributed by atoms with Crippen LogP contribution in [0, 0.1) is 11.8 Å². The van der Waals surface area contributed by atoms with E-state index >= 15 is 0 Å². The lowest BCUT2D eigenvalue weighted by Gasteiger charge is -2.35. The third-order valence-corrected chi connectivity index (χ3v) is 6.80. The summed E-state index contributed by atoms with van der Waals surface area (Å²) in [7, 11) is 0. The molecule has 28 heavy (non-hydrogen) atoms. The maximum Gasteiger partial charge on any atom is 0.224 e. The van der Waals surface area contributed by atoms with Crippen molar-refractivity contribution in [1.82, 2.24) is 20.0 Å². The van der Waals surface area contributed by atoms with Crippen LogP contribution in [0.1, 0.15) is 61.7 Å². The van der Waals surface area contributed by atoms with Gasteiger partial charge in [0.1, 0.15) is 0 Å². The molecule has 6 nitrogen and oxygen atoms in total. The fourth-order valence-electron chi connectivity index (χ4n) is 4.67. The SMILES string of the molecule is CC.CCC(C)C(=O)NC1CC2CC1CN2C(=O)CCN1CCN(CC)CC1.[HH]. The number of hydrogen-bond donors (Lipinski definition) is 1. The first-order valence-corrected chi connectivity index (χ1v) is 11.6. The number of hydrogen-bond acceptors (Lipinski definition) is 4. The monoisotopic (exact) mass is 396 g/mol. The van der Waals surface area contributed by atoms with Crippen LogP contribution < -0.4 is 5.32 Å². The van der Waals surface area contributed by atoms with Crippen molar-refractivity contribution in [2.75, 3.05) is 45.8 Å². The normalized spacial score (nSPS) is 28.6. The molecular formula is C22H44N4O2. The first kappa shape index (κ1) is 23.1. The molecule has 4 unspecified atom stereocenters. The highest BCUT2D eigenvalue weighted by atomic mass is 16.2. The molecule has 0 aromatic heterocycles. The molecule has 164 valence electrons. The Labute approximate surface area is 173 Å². The summed E-state index contributed by atoms with van der Waals surface area (Å²) in [5.74, 6) is 1.02. The van der Waals surface area contributed by atoms with Crippen molar-refractivity contribution in [3.8, 4) is 0 Å². The molecule has 2 saturated heterocycles. The van der Waals surface area contributed by atoms with Crippen LogP contribution in [-0.4, -0.2) is 84.4 Å². The Morgan fingerprint density at radius 1 is 1.07 bits per heavy atom. The fraction of sp³-hybridized carbons (Fsp3) is 0.909. The number of carbonyl (C=O) groups is 2. The zero-order valence-corrected chi connectivity index (χ0v) is 18.7. The van der Waals surface area contributed by atoms with Crippen LogP contribution in [0.4, 0.5) is 0 Å². The van der Waals surface area contributed by atoms with Crippen LogP contribution in [0.5, 0.6) is 0 Å². The lowest BCUT2D eigenvalue weighted by molar-refractivity contribution is -0.133. The number of likely N-dealkylation sites (N-methyl/N-ethyl adjacent to an activating group) is 1. The van der Waals surface area contributed by atoms with Gasteiger partial charge in [-0.15, -0.1) is 0 Å². The van der Waals surface area contributed by atoms with E-state index in [1.165, 1.54) is 0 Å². The summed E-state index contributed by atoms with van der Waals surface area (Å²) in [4.78, 5) is 31.8. The van der Waals surface area contributed by atoms with Gasteiger partial charge in [0.2, 0.25) is 11.8 Å². The van der Waals surface area contributed by atoms with Gasteiger partial charge in [0.15, 0.2) is 0 Å². The van der Waals surface area contributed by atoms with E-state index in [2.05, 4.69) is 26.9 Å². The minimum atomic E-state index is 0. The largest absolute Gasteiger partial charge is 0.353 e. The van der Waals surface area contributed by atoms with Gasteiger partial charge in [0.05, 0.1) is 0 Å². The van der Waals surface area contributed by atoms with Gasteiger partial charge in [-0.1, -0.05) is 34.6 Å². The molecule has 2 heterocycles. The molecule has 3 rings (SSSR count). The number of amides is 2. The van der Waals surface area contributed by atoms with Gasteiger partial charge in [0, 0.05) is 65.1 Å². The van der Waals surface area contributed by atoms with Gasteiger partial charge >= 0.3 is 0 Å². The molecule has 3 aliphatic rings. The lowest BCUT2D eigenvalue weighted by atomic mass is 10.0. The van der Waals surface area contributed by atoms with E-state index < -0.39 is 0 Å². The van der Waals surface area contributed by atoms with Crippen molar-refractivity contribution >= 4 is 11.8 Å². The number of nitrogens with zero attached hydrogens (tertiary/aromatic N) is 3. The molecule has 1 aliphatic carbocycles. The summed E-state index contributed by atoms with van der Waals surface area (Å²) in [6.45, 7) is 17.5. The predicted molar refractivity (Wildman–Crippen MR) is 116 cm³/mol. The lowest BCUT2D eigenvalue weighted by Crippen LogP contribution is -2.50. The Bertz CT molecular complexity index is 511. The molecule has 2 amide bonds. The van der Waals surface area contributed by atoms with E-state index in [1.807, 2.05) is 27.7 Å². The molecule has 3 fully saturated rings. The maximum atomic E-state index is 12.7. The van der Waals surface area contributed by atoms with E-state index in [0.717, 1.165) is 65.1 Å². The average Bonchev–Trinajstić information content (AvgIpc) is 3.33. The first-order chi connectivity index (χ1) is 13.5. The second kappa shape index (κ2) is 11.1. The Balaban J connectivity index is 0.00000136. The van der Waals surface area contributed by atoms with Crippen molar-refractivity contribution < 1.29 is 11.0 Å².